The van der Waals surface area contributed by atoms with Crippen molar-refractivity contribution in [3.63, 3.8) is 0 Å². The van der Waals surface area contributed by atoms with Gasteiger partial charge in [-0.05, 0) is 18.7 Å². The average molecular weight is 307 g/mol. The van der Waals surface area contributed by atoms with E-state index < -0.39 is 0 Å². The second-order valence-corrected chi connectivity index (χ2v) is 7.29. The molecular weight excluding hydrogens is 284 g/mol. The lowest BCUT2D eigenvalue weighted by Crippen LogP contribution is -2.74. The highest BCUT2D eigenvalue weighted by atomic mass is 35.5. The summed E-state index contributed by atoms with van der Waals surface area (Å²) >= 11 is 6.08. The molecule has 1 aliphatic carbocycles. The van der Waals surface area contributed by atoms with Crippen LogP contribution in [0.4, 0.5) is 0 Å². The Morgan fingerprint density at radius 2 is 1.90 bits per heavy atom. The summed E-state index contributed by atoms with van der Waals surface area (Å²) in [6, 6.07) is 7.73. The molecule has 0 aliphatic heterocycles. The summed E-state index contributed by atoms with van der Waals surface area (Å²) in [4.78, 5) is 0. The highest BCUT2D eigenvalue weighted by Crippen LogP contribution is 2.55. The Hall–Kier alpha value is -1.24. The van der Waals surface area contributed by atoms with Gasteiger partial charge in [0.05, 0.1) is 10.6 Å². The molecule has 0 amide bonds. The van der Waals surface area contributed by atoms with Gasteiger partial charge in [0, 0.05) is 22.9 Å². The summed E-state index contributed by atoms with van der Waals surface area (Å²) < 4.78 is 6.20. The minimum Gasteiger partial charge on any atom is -0.489 e. The van der Waals surface area contributed by atoms with Gasteiger partial charge in [0.1, 0.15) is 17.9 Å². The maximum absolute atomic E-state index is 8.92. The van der Waals surface area contributed by atoms with Crippen molar-refractivity contribution in [2.24, 2.45) is 10.8 Å². The number of nitrogens with one attached hydrogen (secondary N) is 1. The molecule has 1 saturated carbocycles. The number of nitrogens with zero attached hydrogens (tertiary/aromatic N) is 1. The van der Waals surface area contributed by atoms with Crippen LogP contribution in [-0.4, -0.2) is 18.7 Å². The molecule has 1 aromatic rings. The largest absolute Gasteiger partial charge is 0.489 e. The van der Waals surface area contributed by atoms with Crippen LogP contribution in [-0.2, 0) is 0 Å². The SMILES string of the molecule is CCNC1C(C)(C)C(Oc2ccc(C#N)c(Cl)c2)C1(C)C. The average Bonchev–Trinajstić information content (AvgIpc) is 2.41. The molecule has 0 atom stereocenters. The molecule has 0 bridgehead atoms. The lowest BCUT2D eigenvalue weighted by atomic mass is 9.49. The number of hydrogen-bond donors (Lipinski definition) is 1. The van der Waals surface area contributed by atoms with E-state index in [1.807, 2.05) is 6.07 Å². The first-order valence-electron chi connectivity index (χ1n) is 7.34. The summed E-state index contributed by atoms with van der Waals surface area (Å²) in [5, 5.41) is 12.9. The van der Waals surface area contributed by atoms with E-state index in [4.69, 9.17) is 21.6 Å². The van der Waals surface area contributed by atoms with Crippen molar-refractivity contribution in [2.45, 2.75) is 46.8 Å². The van der Waals surface area contributed by atoms with Crippen LogP contribution >= 0.6 is 11.6 Å². The number of halogens is 1. The standard InChI is InChI=1S/C17H23ClN2O/c1-6-20-14-16(2,3)15(17(14,4)5)21-12-8-7-11(10-19)13(18)9-12/h7-9,14-15,20H,6H2,1-5H3. The second-order valence-electron chi connectivity index (χ2n) is 6.88. The van der Waals surface area contributed by atoms with Gasteiger partial charge in [-0.1, -0.05) is 46.2 Å². The third-order valence-electron chi connectivity index (χ3n) is 4.56. The Morgan fingerprint density at radius 3 is 2.38 bits per heavy atom. The molecule has 4 heteroatoms. The highest BCUT2D eigenvalue weighted by Gasteiger charge is 2.63. The molecule has 1 aromatic carbocycles. The Kier molecular flexibility index (Phi) is 4.24. The van der Waals surface area contributed by atoms with Gasteiger partial charge in [-0.3, -0.25) is 0 Å². The van der Waals surface area contributed by atoms with Crippen molar-refractivity contribution >= 4 is 11.6 Å². The molecule has 0 heterocycles. The Morgan fingerprint density at radius 1 is 1.29 bits per heavy atom. The van der Waals surface area contributed by atoms with E-state index in [0.29, 0.717) is 16.6 Å². The summed E-state index contributed by atoms with van der Waals surface area (Å²) in [6.07, 6.45) is 0.0954. The second kappa shape index (κ2) is 5.51. The first-order valence-corrected chi connectivity index (χ1v) is 7.72. The molecule has 0 radical (unpaired) electrons. The monoisotopic (exact) mass is 306 g/mol. The molecule has 114 valence electrons. The zero-order chi connectivity index (χ0) is 15.8. The van der Waals surface area contributed by atoms with Crippen molar-refractivity contribution < 1.29 is 4.74 Å². The van der Waals surface area contributed by atoms with E-state index in [-0.39, 0.29) is 16.9 Å². The van der Waals surface area contributed by atoms with Gasteiger partial charge in [-0.2, -0.15) is 5.26 Å². The topological polar surface area (TPSA) is 45.0 Å². The van der Waals surface area contributed by atoms with Crippen LogP contribution in [0.1, 0.15) is 40.2 Å². The number of benzene rings is 1. The van der Waals surface area contributed by atoms with Crippen LogP contribution in [0.15, 0.2) is 18.2 Å². The van der Waals surface area contributed by atoms with E-state index in [0.717, 1.165) is 12.3 Å². The molecule has 3 nitrogen and oxygen atoms in total. The zero-order valence-electron chi connectivity index (χ0n) is 13.3. The minimum atomic E-state index is 0.0416. The Bertz CT molecular complexity index is 559. The van der Waals surface area contributed by atoms with Crippen molar-refractivity contribution in [2.75, 3.05) is 6.54 Å². The van der Waals surface area contributed by atoms with Crippen LogP contribution in [0.2, 0.25) is 5.02 Å². The summed E-state index contributed by atoms with van der Waals surface area (Å²) in [5.41, 5.74) is 0.557. The third-order valence-corrected chi connectivity index (χ3v) is 4.88. The van der Waals surface area contributed by atoms with Crippen LogP contribution in [0.5, 0.6) is 5.75 Å². The first kappa shape index (κ1) is 16.1. The van der Waals surface area contributed by atoms with Crippen molar-refractivity contribution in [1.82, 2.24) is 5.32 Å². The number of nitriles is 1. The van der Waals surface area contributed by atoms with Crippen molar-refractivity contribution in [1.29, 1.82) is 5.26 Å². The van der Waals surface area contributed by atoms with E-state index in [1.165, 1.54) is 0 Å². The van der Waals surface area contributed by atoms with Gasteiger partial charge in [-0.15, -0.1) is 0 Å². The van der Waals surface area contributed by atoms with E-state index in [1.54, 1.807) is 12.1 Å². The van der Waals surface area contributed by atoms with Gasteiger partial charge >= 0.3 is 0 Å². The minimum absolute atomic E-state index is 0.0416. The van der Waals surface area contributed by atoms with Crippen LogP contribution in [0, 0.1) is 22.2 Å². The van der Waals surface area contributed by atoms with Gasteiger partial charge in [-0.25, -0.2) is 0 Å². The van der Waals surface area contributed by atoms with Crippen LogP contribution in [0.3, 0.4) is 0 Å². The third kappa shape index (κ3) is 2.63. The van der Waals surface area contributed by atoms with E-state index in [2.05, 4.69) is 46.0 Å². The van der Waals surface area contributed by atoms with Crippen molar-refractivity contribution in [3.8, 4) is 11.8 Å². The number of ether oxygens (including phenoxy) is 1. The van der Waals surface area contributed by atoms with Gasteiger partial charge in [0.2, 0.25) is 0 Å². The molecule has 0 unspecified atom stereocenters. The molecule has 1 N–H and O–H groups in total. The summed E-state index contributed by atoms with van der Waals surface area (Å²) in [7, 11) is 0. The van der Waals surface area contributed by atoms with E-state index in [9.17, 15) is 0 Å². The van der Waals surface area contributed by atoms with Crippen LogP contribution < -0.4 is 10.1 Å². The smallest absolute Gasteiger partial charge is 0.121 e. The lowest BCUT2D eigenvalue weighted by molar-refractivity contribution is -0.167. The predicted molar refractivity (Wildman–Crippen MR) is 85.6 cm³/mol. The maximum Gasteiger partial charge on any atom is 0.121 e. The quantitative estimate of drug-likeness (QED) is 0.914. The fourth-order valence-corrected chi connectivity index (χ4v) is 4.17. The van der Waals surface area contributed by atoms with Gasteiger partial charge in [0.15, 0.2) is 0 Å². The number of rotatable bonds is 4. The Labute approximate surface area is 132 Å². The lowest BCUT2D eigenvalue weighted by Gasteiger charge is -2.63. The summed E-state index contributed by atoms with van der Waals surface area (Å²) in [6.45, 7) is 12.0. The molecular formula is C17H23ClN2O. The van der Waals surface area contributed by atoms with Crippen molar-refractivity contribution in [3.05, 3.63) is 28.8 Å². The fourth-order valence-electron chi connectivity index (χ4n) is 3.95. The molecule has 1 fully saturated rings. The summed E-state index contributed by atoms with van der Waals surface area (Å²) in [5.74, 6) is 0.722. The Balaban J connectivity index is 2.20. The van der Waals surface area contributed by atoms with Gasteiger partial charge < -0.3 is 10.1 Å². The zero-order valence-corrected chi connectivity index (χ0v) is 14.1. The normalized spacial score (nSPS) is 25.8. The van der Waals surface area contributed by atoms with Crippen LogP contribution in [0.25, 0.3) is 0 Å². The molecule has 21 heavy (non-hydrogen) atoms. The molecule has 0 aromatic heterocycles. The molecule has 1 aliphatic rings. The molecule has 0 saturated heterocycles. The van der Waals surface area contributed by atoms with E-state index >= 15 is 0 Å². The highest BCUT2D eigenvalue weighted by molar-refractivity contribution is 6.31. The fraction of sp³-hybridized carbons (Fsp3) is 0.588. The first-order chi connectivity index (χ1) is 9.75. The maximum atomic E-state index is 8.92. The number of hydrogen-bond acceptors (Lipinski definition) is 3. The molecule has 0 spiro atoms. The van der Waals surface area contributed by atoms with Gasteiger partial charge in [0.25, 0.3) is 0 Å². The molecule has 2 rings (SSSR count). The predicted octanol–water partition coefficient (Wildman–Crippen LogP) is 4.00.